The standard InChI is InChI=1S/C13H12.C12H20N4O2.C12H16N2O3.2C2H4/c1-3-7-12(8-4-1)11-13-9-5-2-6-10-13;13-10-2-1-3-11(12(10)16-14)18-6-4-9-8-15-5-7-17-9;1-3-9-6-4-5-7-10(9)14-11(15)8-13-12(16)17-2;2*1-2/h1-10H,11H2;1-3,9,15-16H,4-8,13-14H2;4-7H,3,8H2,1-2H3,(H,13,16)(H,14,15);2*1-2H2/t;9-;;;/m.1.../s1. The van der Waals surface area contributed by atoms with E-state index in [0.717, 1.165) is 50.2 Å². The van der Waals surface area contributed by atoms with Gasteiger partial charge in [0.05, 0.1) is 32.1 Å². The van der Waals surface area contributed by atoms with Crippen LogP contribution in [0, 0.1) is 0 Å². The number of methoxy groups -OCH3 is 1. The zero-order valence-corrected chi connectivity index (χ0v) is 30.6. The topological polar surface area (TPSA) is 162 Å². The van der Waals surface area contributed by atoms with Gasteiger partial charge in [0.2, 0.25) is 5.91 Å². The molecule has 0 unspecified atom stereocenters. The maximum atomic E-state index is 11.5. The first kappa shape index (κ1) is 44.4. The summed E-state index contributed by atoms with van der Waals surface area (Å²) < 4.78 is 15.6. The first-order chi connectivity index (χ1) is 25.4. The third kappa shape index (κ3) is 17.9. The molecule has 4 aromatic carbocycles. The van der Waals surface area contributed by atoms with Gasteiger partial charge in [0.15, 0.2) is 0 Å². The van der Waals surface area contributed by atoms with E-state index in [1.54, 1.807) is 6.07 Å². The van der Waals surface area contributed by atoms with Crippen LogP contribution in [0.3, 0.4) is 0 Å². The number of ether oxygens (including phenoxy) is 3. The molecule has 2 amide bonds. The van der Waals surface area contributed by atoms with Crippen LogP contribution in [0.1, 0.15) is 30.0 Å². The molecule has 1 atom stereocenters. The van der Waals surface area contributed by atoms with Crippen LogP contribution < -0.4 is 37.7 Å². The van der Waals surface area contributed by atoms with Crippen molar-refractivity contribution in [3.05, 3.63) is 146 Å². The lowest BCUT2D eigenvalue weighted by atomic mass is 10.1. The highest BCUT2D eigenvalue weighted by molar-refractivity contribution is 5.94. The van der Waals surface area contributed by atoms with Gasteiger partial charge in [0.1, 0.15) is 18.0 Å². The number of aryl methyl sites for hydroxylation is 1. The molecule has 4 aromatic rings. The second-order valence-electron chi connectivity index (χ2n) is 10.8. The molecule has 8 N–H and O–H groups in total. The van der Waals surface area contributed by atoms with Crippen LogP contribution in [0.25, 0.3) is 0 Å². The van der Waals surface area contributed by atoms with Crippen molar-refractivity contribution >= 4 is 29.1 Å². The summed E-state index contributed by atoms with van der Waals surface area (Å²) in [7, 11) is 1.25. The maximum Gasteiger partial charge on any atom is 0.407 e. The summed E-state index contributed by atoms with van der Waals surface area (Å²) in [6.45, 7) is 17.0. The van der Waals surface area contributed by atoms with Gasteiger partial charge in [-0.15, -0.1) is 26.3 Å². The highest BCUT2D eigenvalue weighted by Crippen LogP contribution is 2.29. The minimum Gasteiger partial charge on any atom is -0.491 e. The second-order valence-corrected chi connectivity index (χ2v) is 10.8. The lowest BCUT2D eigenvalue weighted by Gasteiger charge is -2.23. The number of alkyl carbamates (subject to hydrolysis) is 1. The predicted molar refractivity (Wildman–Crippen MR) is 214 cm³/mol. The molecule has 0 aliphatic carbocycles. The molecule has 0 aromatic heterocycles. The summed E-state index contributed by atoms with van der Waals surface area (Å²) in [4.78, 5) is 22.3. The van der Waals surface area contributed by atoms with E-state index in [1.807, 2.05) is 43.3 Å². The van der Waals surface area contributed by atoms with E-state index >= 15 is 0 Å². The Morgan fingerprint density at radius 2 is 1.50 bits per heavy atom. The predicted octanol–water partition coefficient (Wildman–Crippen LogP) is 6.74. The Morgan fingerprint density at radius 1 is 0.885 bits per heavy atom. The molecule has 11 heteroatoms. The number of nitrogens with one attached hydrogen (secondary N) is 4. The molecule has 0 bridgehead atoms. The Balaban J connectivity index is 0.000000375. The molecule has 1 saturated heterocycles. The van der Waals surface area contributed by atoms with Crippen molar-refractivity contribution in [1.82, 2.24) is 10.6 Å². The number of benzene rings is 4. The number of hydrazine groups is 1. The highest BCUT2D eigenvalue weighted by Gasteiger charge is 2.14. The van der Waals surface area contributed by atoms with Gasteiger partial charge in [0.25, 0.3) is 0 Å². The van der Waals surface area contributed by atoms with E-state index in [0.29, 0.717) is 23.7 Å². The smallest absolute Gasteiger partial charge is 0.407 e. The van der Waals surface area contributed by atoms with Crippen LogP contribution in [0.15, 0.2) is 129 Å². The number of amides is 2. The first-order valence-corrected chi connectivity index (χ1v) is 17.0. The number of para-hydroxylation sites is 2. The highest BCUT2D eigenvalue weighted by atomic mass is 16.5. The Kier molecular flexibility index (Phi) is 24.0. The lowest BCUT2D eigenvalue weighted by Crippen LogP contribution is -2.39. The van der Waals surface area contributed by atoms with Crippen molar-refractivity contribution < 1.29 is 23.8 Å². The summed E-state index contributed by atoms with van der Waals surface area (Å²) in [5.74, 6) is 5.81. The SMILES string of the molecule is C=C.C=C.CCc1ccccc1NC(=O)CNC(=O)OC.NNc1c(N)cccc1OCC[C@@H]1CNCCO1.c1ccc(Cc2ccccc2)cc1. The number of carbonyl (C=O) groups excluding carboxylic acids is 2. The van der Waals surface area contributed by atoms with Gasteiger partial charge in [-0.05, 0) is 47.7 Å². The van der Waals surface area contributed by atoms with E-state index in [2.05, 4.69) is 113 Å². The zero-order valence-electron chi connectivity index (χ0n) is 30.6. The van der Waals surface area contributed by atoms with Gasteiger partial charge in [-0.2, -0.15) is 0 Å². The third-order valence-corrected chi connectivity index (χ3v) is 7.25. The third-order valence-electron chi connectivity index (χ3n) is 7.25. The number of hydrogen-bond donors (Lipinski definition) is 6. The molecule has 280 valence electrons. The molecule has 52 heavy (non-hydrogen) atoms. The van der Waals surface area contributed by atoms with Crippen molar-refractivity contribution in [3.8, 4) is 5.75 Å². The van der Waals surface area contributed by atoms with Crippen LogP contribution in [-0.2, 0) is 27.1 Å². The lowest BCUT2D eigenvalue weighted by molar-refractivity contribution is -0.115. The number of nitrogen functional groups attached to an aromatic ring is 2. The minimum atomic E-state index is -0.621. The molecule has 1 fully saturated rings. The van der Waals surface area contributed by atoms with Crippen LogP contribution >= 0.6 is 0 Å². The number of rotatable bonds is 11. The minimum absolute atomic E-state index is 0.106. The Hall–Kier alpha value is -5.62. The van der Waals surface area contributed by atoms with Gasteiger partial charge in [0, 0.05) is 25.2 Å². The average molecular weight is 713 g/mol. The van der Waals surface area contributed by atoms with Crippen molar-refractivity contribution in [2.45, 2.75) is 32.3 Å². The summed E-state index contributed by atoms with van der Waals surface area (Å²) in [5.41, 5.74) is 14.1. The Morgan fingerprint density at radius 3 is 2.06 bits per heavy atom. The number of hydrogen-bond acceptors (Lipinski definition) is 9. The molecule has 1 heterocycles. The molecule has 1 aliphatic rings. The Labute approximate surface area is 309 Å². The van der Waals surface area contributed by atoms with Crippen LogP contribution in [0.5, 0.6) is 5.75 Å². The van der Waals surface area contributed by atoms with Crippen LogP contribution in [0.4, 0.5) is 21.9 Å². The summed E-state index contributed by atoms with van der Waals surface area (Å²) in [6.07, 6.45) is 2.30. The molecule has 0 spiro atoms. The number of morpholine rings is 1. The average Bonchev–Trinajstić information content (AvgIpc) is 3.20. The molecule has 0 radical (unpaired) electrons. The van der Waals surface area contributed by atoms with Crippen molar-refractivity contribution in [2.75, 3.05) is 56.4 Å². The van der Waals surface area contributed by atoms with Gasteiger partial charge in [-0.1, -0.05) is 91.9 Å². The molecule has 0 saturated carbocycles. The molecule has 11 nitrogen and oxygen atoms in total. The second kappa shape index (κ2) is 28.1. The first-order valence-electron chi connectivity index (χ1n) is 17.0. The number of anilines is 3. The van der Waals surface area contributed by atoms with Crippen LogP contribution in [-0.4, -0.2) is 58.1 Å². The largest absolute Gasteiger partial charge is 0.491 e. The normalized spacial score (nSPS) is 12.5. The quantitative estimate of drug-likeness (QED) is 0.0428. The molecular weight excluding hydrogens is 656 g/mol. The van der Waals surface area contributed by atoms with E-state index in [9.17, 15) is 9.59 Å². The van der Waals surface area contributed by atoms with Gasteiger partial charge >= 0.3 is 6.09 Å². The molecule has 5 rings (SSSR count). The summed E-state index contributed by atoms with van der Waals surface area (Å²) in [6, 6.07) is 34.1. The van der Waals surface area contributed by atoms with Gasteiger partial charge in [-0.3, -0.25) is 10.6 Å². The van der Waals surface area contributed by atoms with Gasteiger partial charge < -0.3 is 41.3 Å². The number of nitrogens with two attached hydrogens (primary N) is 2. The van der Waals surface area contributed by atoms with E-state index in [4.69, 9.17) is 21.1 Å². The van der Waals surface area contributed by atoms with Crippen LogP contribution in [0.2, 0.25) is 0 Å². The van der Waals surface area contributed by atoms with Crippen molar-refractivity contribution in [2.24, 2.45) is 5.84 Å². The summed E-state index contributed by atoms with van der Waals surface area (Å²) >= 11 is 0. The summed E-state index contributed by atoms with van der Waals surface area (Å²) in [5, 5.41) is 8.33. The molecule has 1 aliphatic heterocycles. The fourth-order valence-corrected chi connectivity index (χ4v) is 4.73. The van der Waals surface area contributed by atoms with E-state index in [-0.39, 0.29) is 18.6 Å². The van der Waals surface area contributed by atoms with Gasteiger partial charge in [-0.25, -0.2) is 4.79 Å². The fraction of sp³-hybridized carbons (Fsp3) is 0.268. The monoisotopic (exact) mass is 712 g/mol. The maximum absolute atomic E-state index is 11.5. The Bertz CT molecular complexity index is 1500. The zero-order chi connectivity index (χ0) is 38.4. The van der Waals surface area contributed by atoms with E-state index in [1.165, 1.54) is 18.2 Å². The van der Waals surface area contributed by atoms with E-state index < -0.39 is 6.09 Å². The number of carbonyl (C=O) groups is 2. The van der Waals surface area contributed by atoms with Crippen molar-refractivity contribution in [1.29, 1.82) is 0 Å². The fourth-order valence-electron chi connectivity index (χ4n) is 4.73. The molecular formula is C41H56N6O5. The van der Waals surface area contributed by atoms with Crippen molar-refractivity contribution in [3.63, 3.8) is 0 Å².